The summed E-state index contributed by atoms with van der Waals surface area (Å²) >= 11 is 0. The van der Waals surface area contributed by atoms with E-state index in [9.17, 15) is 106 Å². The summed E-state index contributed by atoms with van der Waals surface area (Å²) < 4.78 is 61.4. The SMILES string of the molecule is CN1CCN(C(CCC(=O)CCCS(=O)(=O)O)C(=O)O)Cc2cccc(n2)CN(C(CCC(=O)CCCS(=O)(=O)O)C(=O)O)CC1.CN1CCN(C(CCCCNC(=O)[C@H](O)[C@@H](O)C(=O)O)C(=O)O)Cc2cccc(n2)CN(C(CCCCNC(=O)[C@H](O)[C@@H](O)C(=O)O)C(=O)O)CC1.[Mn].[Mn]. The van der Waals surface area contributed by atoms with Crippen molar-refractivity contribution in [2.75, 3.05) is 91.0 Å². The molecule has 0 aliphatic carbocycles. The van der Waals surface area contributed by atoms with Crippen molar-refractivity contribution < 1.29 is 159 Å². The number of hydrogen-bond donors (Lipinski definition) is 14. The van der Waals surface area contributed by atoms with Gasteiger partial charge in [-0.1, -0.05) is 12.1 Å². The molecule has 0 fully saturated rings. The van der Waals surface area contributed by atoms with Crippen LogP contribution in [-0.4, -0.2) is 315 Å². The van der Waals surface area contributed by atoms with Gasteiger partial charge in [0, 0.05) is 151 Å². The zero-order chi connectivity index (χ0) is 73.5. The average Bonchev–Trinajstić information content (AvgIpc) is 0.848. The summed E-state index contributed by atoms with van der Waals surface area (Å²) in [5.74, 6) is -11.7. The van der Waals surface area contributed by atoms with Gasteiger partial charge >= 0.3 is 35.8 Å². The summed E-state index contributed by atoms with van der Waals surface area (Å²) in [6.45, 7) is 3.62. The molecule has 4 heterocycles. The molecular formula is C60H94Mn2N10O26S2. The van der Waals surface area contributed by atoms with E-state index in [1.54, 1.807) is 56.0 Å². The predicted molar refractivity (Wildman–Crippen MR) is 344 cm³/mol. The third kappa shape index (κ3) is 35.6. The van der Waals surface area contributed by atoms with Crippen LogP contribution in [0.3, 0.4) is 0 Å². The maximum absolute atomic E-state index is 12.4. The van der Waals surface area contributed by atoms with Crippen LogP contribution < -0.4 is 10.6 Å². The summed E-state index contributed by atoms with van der Waals surface area (Å²) in [5.41, 5.74) is 2.21. The van der Waals surface area contributed by atoms with E-state index in [0.717, 1.165) is 0 Å². The molecule has 2 aliphatic rings. The first-order valence-electron chi connectivity index (χ1n) is 31.8. The Morgan fingerprint density at radius 2 is 0.670 bits per heavy atom. The zero-order valence-corrected chi connectivity index (χ0v) is 59.5. The van der Waals surface area contributed by atoms with Crippen LogP contribution in [0.1, 0.15) is 113 Å². The predicted octanol–water partition coefficient (Wildman–Crippen LogP) is -2.71. The van der Waals surface area contributed by atoms with Crippen LogP contribution in [0.2, 0.25) is 0 Å². The van der Waals surface area contributed by atoms with E-state index in [4.69, 9.17) is 24.3 Å². The molecule has 4 unspecified atom stereocenters. The molecule has 4 bridgehead atoms. The van der Waals surface area contributed by atoms with Gasteiger partial charge in [-0.2, -0.15) is 16.8 Å². The molecule has 566 valence electrons. The summed E-state index contributed by atoms with van der Waals surface area (Å²) in [4.78, 5) is 140. The van der Waals surface area contributed by atoms with Crippen LogP contribution in [0.5, 0.6) is 0 Å². The third-order valence-corrected chi connectivity index (χ3v) is 17.9. The number of nitrogens with zero attached hydrogens (tertiary/aromatic N) is 8. The molecule has 0 saturated heterocycles. The number of ketones is 2. The molecular weight excluding hydrogens is 1450 g/mol. The van der Waals surface area contributed by atoms with Crippen LogP contribution in [0.4, 0.5) is 0 Å². The molecule has 100 heavy (non-hydrogen) atoms. The van der Waals surface area contributed by atoms with Crippen molar-refractivity contribution in [2.45, 2.75) is 165 Å². The number of carbonyl (C=O) groups excluding carboxylic acids is 4. The smallest absolute Gasteiger partial charge is 0.335 e. The standard InChI is InChI=1S/C32H50N6O14.C28H44N4O12S2.2Mn/c1-36-13-15-37(21(29(45)46)9-2-4-11-33-27(43)23(39)25(41)31(49)50)17-19-7-6-8-20(35-19)18-38(16-14-36)22(30(47)48)10-3-5-12-34-28(44)24(40)26(42)32(51)52;1-30-13-15-31(25(27(35)36)11-9-23(33)7-3-17-45(39,40)41)19-21-5-2-6-22(29-21)20-32(16-14-30)26(28(37)38)12-10-24(34)8-4-18-46(42,43)44;;/h6-8,21-26,39-42H,2-5,9-18H2,1H3,(H,33,43)(H,34,44)(H,45,46)(H,47,48)(H,49,50)(H,51,52);2,5-6,25-26H,3-4,7-20H2,1H3,(H,35,36)(H,37,38)(H,39,40,41)(H,42,43,44);;/t21?,22?,23-,24-,25-,26-;;;/m1.../s1. The normalized spacial score (nSPS) is 17.5. The Balaban J connectivity index is 0.000000987. The molecule has 0 aromatic carbocycles. The number of pyridine rings is 2. The fourth-order valence-corrected chi connectivity index (χ4v) is 11.8. The van der Waals surface area contributed by atoms with Crippen LogP contribution in [0.25, 0.3) is 0 Å². The topological polar surface area (TPSA) is 551 Å². The Kier molecular flexibility index (Phi) is 42.7. The minimum absolute atomic E-state index is 0. The number of nitrogens with one attached hydrogen (secondary N) is 2. The molecule has 4 rings (SSSR count). The summed E-state index contributed by atoms with van der Waals surface area (Å²) in [7, 11) is -4.74. The first kappa shape index (κ1) is 91.9. The zero-order valence-electron chi connectivity index (χ0n) is 55.5. The number of aliphatic hydroxyl groups is 4. The quantitative estimate of drug-likeness (QED) is 0.0185. The number of amides is 2. The van der Waals surface area contributed by atoms with Crippen molar-refractivity contribution in [3.05, 3.63) is 59.2 Å². The number of hydrogen-bond acceptors (Lipinski definition) is 26. The van der Waals surface area contributed by atoms with Crippen molar-refractivity contribution in [1.82, 2.24) is 50.0 Å². The van der Waals surface area contributed by atoms with E-state index in [1.165, 1.54) is 0 Å². The number of carboxylic acid groups (broad SMARTS) is 6. The molecule has 2 aromatic heterocycles. The second-order valence-electron chi connectivity index (χ2n) is 24.1. The van der Waals surface area contributed by atoms with Crippen LogP contribution in [-0.2, 0) is 128 Å². The van der Waals surface area contributed by atoms with Crippen LogP contribution in [0, 0.1) is 0 Å². The molecule has 2 amide bonds. The largest absolute Gasteiger partial charge is 0.480 e. The summed E-state index contributed by atoms with van der Waals surface area (Å²) in [6.07, 6.45) is -7.58. The Bertz CT molecular complexity index is 3020. The van der Waals surface area contributed by atoms with Gasteiger partial charge in [-0.15, -0.1) is 0 Å². The van der Waals surface area contributed by atoms with Crippen molar-refractivity contribution in [3.63, 3.8) is 0 Å². The Morgan fingerprint density at radius 3 is 0.920 bits per heavy atom. The fourth-order valence-electron chi connectivity index (χ4n) is 10.8. The molecule has 0 saturated carbocycles. The van der Waals surface area contributed by atoms with E-state index in [2.05, 4.69) is 15.6 Å². The van der Waals surface area contributed by atoms with Crippen molar-refractivity contribution in [3.8, 4) is 0 Å². The maximum atomic E-state index is 12.4. The second-order valence-corrected chi connectivity index (χ2v) is 27.3. The van der Waals surface area contributed by atoms with E-state index in [-0.39, 0.29) is 162 Å². The molecule has 8 atom stereocenters. The fraction of sp³-hybridized carbons (Fsp3) is 0.667. The molecule has 0 spiro atoms. The molecule has 2 radical (unpaired) electrons. The van der Waals surface area contributed by atoms with E-state index < -0.39 is 128 Å². The minimum atomic E-state index is -4.19. The van der Waals surface area contributed by atoms with Gasteiger partial charge in [-0.05, 0) is 103 Å². The first-order valence-corrected chi connectivity index (χ1v) is 35.0. The number of rotatable bonds is 38. The van der Waals surface area contributed by atoms with Gasteiger partial charge in [0.15, 0.2) is 24.4 Å². The number of fused-ring (bicyclic) bond motifs is 4. The monoisotopic (exact) mass is 1540 g/mol. The number of aliphatic hydroxyl groups excluding tert-OH is 4. The van der Waals surface area contributed by atoms with Crippen molar-refractivity contribution in [2.24, 2.45) is 0 Å². The molecule has 36 nitrogen and oxygen atoms in total. The van der Waals surface area contributed by atoms with E-state index in [0.29, 0.717) is 87.7 Å². The Hall–Kier alpha value is -6.14. The minimum Gasteiger partial charge on any atom is -0.480 e. The Morgan fingerprint density at radius 1 is 0.400 bits per heavy atom. The van der Waals surface area contributed by atoms with Gasteiger partial charge in [-0.3, -0.25) is 77.0 Å². The average molecular weight is 1550 g/mol. The number of carbonyl (C=O) groups is 10. The molecule has 2 aliphatic heterocycles. The van der Waals surface area contributed by atoms with Crippen molar-refractivity contribution in [1.29, 1.82) is 0 Å². The number of Topliss-reactive ketones (excluding diaryl/α,β-unsaturated/α-hetero) is 2. The summed E-state index contributed by atoms with van der Waals surface area (Å²) in [6, 6.07) is 6.52. The van der Waals surface area contributed by atoms with Crippen LogP contribution in [0.15, 0.2) is 36.4 Å². The third-order valence-electron chi connectivity index (χ3n) is 16.3. The van der Waals surface area contributed by atoms with Gasteiger partial charge in [-0.25, -0.2) is 9.59 Å². The Labute approximate surface area is 600 Å². The van der Waals surface area contributed by atoms with Gasteiger partial charge in [0.05, 0.1) is 34.3 Å². The van der Waals surface area contributed by atoms with E-state index >= 15 is 0 Å². The van der Waals surface area contributed by atoms with Gasteiger partial charge in [0.1, 0.15) is 35.7 Å². The van der Waals surface area contributed by atoms with Gasteiger partial charge in [0.2, 0.25) is 0 Å². The number of unbranched alkanes of at least 4 members (excludes halogenated alkanes) is 2. The van der Waals surface area contributed by atoms with Gasteiger partial charge in [0.25, 0.3) is 32.1 Å². The number of aliphatic carboxylic acids is 6. The van der Waals surface area contributed by atoms with Crippen molar-refractivity contribution >= 4 is 79.4 Å². The number of aromatic nitrogens is 2. The molecule has 2 aromatic rings. The summed E-state index contributed by atoms with van der Waals surface area (Å²) in [5, 5.41) is 100. The number of likely N-dealkylation sites (N-methyl/N-ethyl adjacent to an activating group) is 2. The molecule has 40 heteroatoms. The molecule has 14 N–H and O–H groups in total. The van der Waals surface area contributed by atoms with Gasteiger partial charge < -0.3 is 71.5 Å². The maximum Gasteiger partial charge on any atom is 0.335 e. The van der Waals surface area contributed by atoms with Crippen LogP contribution >= 0.6 is 0 Å². The second kappa shape index (κ2) is 46.5. The first-order chi connectivity index (χ1) is 46.0. The number of carboxylic acids is 6. The van der Waals surface area contributed by atoms with E-state index in [1.807, 2.05) is 23.9 Å².